The van der Waals surface area contributed by atoms with E-state index < -0.39 is 0 Å². The Hall–Kier alpha value is -1.64. The molecule has 19 heavy (non-hydrogen) atoms. The standard InChI is InChI=1S/C16H24N2O/c1-5-6-7-15(19)18-17-12-13-8-10-14(11-9-13)16(2,3)4/h8-12H,5-7H2,1-4H3,(H,18,19). The van der Waals surface area contributed by atoms with Crippen molar-refractivity contribution in [3.8, 4) is 0 Å². The Morgan fingerprint density at radius 2 is 1.89 bits per heavy atom. The molecule has 0 aliphatic carbocycles. The molecule has 0 saturated carbocycles. The molecular formula is C16H24N2O. The molecule has 104 valence electrons. The number of nitrogens with one attached hydrogen (secondary N) is 1. The van der Waals surface area contributed by atoms with Crippen molar-refractivity contribution in [1.29, 1.82) is 0 Å². The van der Waals surface area contributed by atoms with Crippen molar-refractivity contribution in [2.75, 3.05) is 0 Å². The molecule has 0 atom stereocenters. The highest BCUT2D eigenvalue weighted by Crippen LogP contribution is 2.21. The molecule has 0 saturated heterocycles. The molecule has 0 radical (unpaired) electrons. The lowest BCUT2D eigenvalue weighted by atomic mass is 9.87. The maximum absolute atomic E-state index is 11.4. The summed E-state index contributed by atoms with van der Waals surface area (Å²) >= 11 is 0. The Labute approximate surface area is 116 Å². The molecule has 0 unspecified atom stereocenters. The molecule has 1 N–H and O–H groups in total. The van der Waals surface area contributed by atoms with Gasteiger partial charge in [0.1, 0.15) is 0 Å². The SMILES string of the molecule is CCCCC(=O)NN=Cc1ccc(C(C)(C)C)cc1. The Morgan fingerprint density at radius 1 is 1.26 bits per heavy atom. The second-order valence-corrected chi connectivity index (χ2v) is 5.77. The van der Waals surface area contributed by atoms with Crippen LogP contribution in [0.25, 0.3) is 0 Å². The summed E-state index contributed by atoms with van der Waals surface area (Å²) in [5, 5.41) is 3.96. The van der Waals surface area contributed by atoms with Gasteiger partial charge in [-0.2, -0.15) is 5.10 Å². The van der Waals surface area contributed by atoms with Crippen molar-refractivity contribution in [2.45, 2.75) is 52.4 Å². The Bertz CT molecular complexity index is 427. The van der Waals surface area contributed by atoms with E-state index >= 15 is 0 Å². The number of benzene rings is 1. The minimum atomic E-state index is -0.0237. The number of carbonyl (C=O) groups excluding carboxylic acids is 1. The fraction of sp³-hybridized carbons (Fsp3) is 0.500. The lowest BCUT2D eigenvalue weighted by Gasteiger charge is -2.18. The fourth-order valence-corrected chi connectivity index (χ4v) is 1.64. The molecule has 0 aromatic heterocycles. The van der Waals surface area contributed by atoms with Crippen LogP contribution < -0.4 is 5.43 Å². The lowest BCUT2D eigenvalue weighted by Crippen LogP contribution is -2.16. The summed E-state index contributed by atoms with van der Waals surface area (Å²) in [4.78, 5) is 11.4. The molecule has 0 spiro atoms. The molecule has 0 aliphatic heterocycles. The van der Waals surface area contributed by atoms with E-state index in [1.807, 2.05) is 12.1 Å². The monoisotopic (exact) mass is 260 g/mol. The number of rotatable bonds is 5. The van der Waals surface area contributed by atoms with E-state index in [2.05, 4.69) is 50.4 Å². The van der Waals surface area contributed by atoms with Crippen LogP contribution in [-0.2, 0) is 10.2 Å². The summed E-state index contributed by atoms with van der Waals surface area (Å²) in [6.45, 7) is 8.62. The lowest BCUT2D eigenvalue weighted by molar-refractivity contribution is -0.121. The van der Waals surface area contributed by atoms with Crippen LogP contribution in [0.15, 0.2) is 29.4 Å². The third-order valence-electron chi connectivity index (χ3n) is 2.94. The van der Waals surface area contributed by atoms with Gasteiger partial charge in [-0.15, -0.1) is 0 Å². The number of hydrogen-bond acceptors (Lipinski definition) is 2. The van der Waals surface area contributed by atoms with Gasteiger partial charge in [-0.3, -0.25) is 4.79 Å². The number of hydrogen-bond donors (Lipinski definition) is 1. The molecule has 3 nitrogen and oxygen atoms in total. The maximum Gasteiger partial charge on any atom is 0.240 e. The van der Waals surface area contributed by atoms with Crippen LogP contribution in [-0.4, -0.2) is 12.1 Å². The second kappa shape index (κ2) is 7.07. The second-order valence-electron chi connectivity index (χ2n) is 5.77. The number of amides is 1. The van der Waals surface area contributed by atoms with Crippen molar-refractivity contribution in [3.05, 3.63) is 35.4 Å². The van der Waals surface area contributed by atoms with Gasteiger partial charge in [0.25, 0.3) is 0 Å². The van der Waals surface area contributed by atoms with E-state index in [0.29, 0.717) is 6.42 Å². The van der Waals surface area contributed by atoms with Crippen molar-refractivity contribution >= 4 is 12.1 Å². The van der Waals surface area contributed by atoms with Gasteiger partial charge in [-0.1, -0.05) is 58.4 Å². The maximum atomic E-state index is 11.4. The van der Waals surface area contributed by atoms with Crippen LogP contribution in [0, 0.1) is 0 Å². The molecule has 1 amide bonds. The molecule has 3 heteroatoms. The normalized spacial score (nSPS) is 11.8. The topological polar surface area (TPSA) is 41.5 Å². The summed E-state index contributed by atoms with van der Waals surface area (Å²) in [5.74, 6) is -0.0237. The van der Waals surface area contributed by atoms with Gasteiger partial charge >= 0.3 is 0 Å². The van der Waals surface area contributed by atoms with Gasteiger partial charge in [-0.05, 0) is 23.0 Å². The third-order valence-corrected chi connectivity index (χ3v) is 2.94. The van der Waals surface area contributed by atoms with E-state index in [0.717, 1.165) is 18.4 Å². The minimum absolute atomic E-state index is 0.0237. The average molecular weight is 260 g/mol. The largest absolute Gasteiger partial charge is 0.273 e. The van der Waals surface area contributed by atoms with E-state index in [4.69, 9.17) is 0 Å². The zero-order valence-corrected chi connectivity index (χ0v) is 12.4. The Balaban J connectivity index is 2.51. The van der Waals surface area contributed by atoms with Gasteiger partial charge in [0.05, 0.1) is 6.21 Å². The van der Waals surface area contributed by atoms with E-state index in [1.165, 1.54) is 5.56 Å². The van der Waals surface area contributed by atoms with Gasteiger partial charge in [0.15, 0.2) is 0 Å². The summed E-state index contributed by atoms with van der Waals surface area (Å²) in [7, 11) is 0. The molecule has 0 heterocycles. The van der Waals surface area contributed by atoms with Crippen LogP contribution >= 0.6 is 0 Å². The van der Waals surface area contributed by atoms with Crippen molar-refractivity contribution in [3.63, 3.8) is 0 Å². The van der Waals surface area contributed by atoms with Crippen molar-refractivity contribution in [2.24, 2.45) is 5.10 Å². The van der Waals surface area contributed by atoms with Gasteiger partial charge in [0, 0.05) is 6.42 Å². The predicted molar refractivity (Wildman–Crippen MR) is 80.4 cm³/mol. The average Bonchev–Trinajstić information content (AvgIpc) is 2.36. The highest BCUT2D eigenvalue weighted by Gasteiger charge is 2.12. The molecule has 1 aromatic rings. The van der Waals surface area contributed by atoms with Crippen LogP contribution in [0.4, 0.5) is 0 Å². The first-order valence-electron chi connectivity index (χ1n) is 6.86. The van der Waals surface area contributed by atoms with Crippen molar-refractivity contribution in [1.82, 2.24) is 5.43 Å². The molecular weight excluding hydrogens is 236 g/mol. The molecule has 0 aliphatic rings. The number of unbranched alkanes of at least 4 members (excludes halogenated alkanes) is 1. The fourth-order valence-electron chi connectivity index (χ4n) is 1.64. The first-order chi connectivity index (χ1) is 8.93. The van der Waals surface area contributed by atoms with Crippen LogP contribution in [0.2, 0.25) is 0 Å². The Morgan fingerprint density at radius 3 is 2.42 bits per heavy atom. The van der Waals surface area contributed by atoms with Gasteiger partial charge in [-0.25, -0.2) is 5.43 Å². The smallest absolute Gasteiger partial charge is 0.240 e. The summed E-state index contributed by atoms with van der Waals surface area (Å²) < 4.78 is 0. The van der Waals surface area contributed by atoms with Crippen LogP contribution in [0.1, 0.15) is 58.1 Å². The van der Waals surface area contributed by atoms with Crippen LogP contribution in [0.5, 0.6) is 0 Å². The number of nitrogens with zero attached hydrogens (tertiary/aromatic N) is 1. The summed E-state index contributed by atoms with van der Waals surface area (Å²) in [5.41, 5.74) is 4.98. The van der Waals surface area contributed by atoms with Crippen LogP contribution in [0.3, 0.4) is 0 Å². The molecule has 1 aromatic carbocycles. The molecule has 0 fully saturated rings. The summed E-state index contributed by atoms with van der Waals surface area (Å²) in [6.07, 6.45) is 4.14. The zero-order valence-electron chi connectivity index (χ0n) is 12.4. The summed E-state index contributed by atoms with van der Waals surface area (Å²) in [6, 6.07) is 8.23. The van der Waals surface area contributed by atoms with Gasteiger partial charge < -0.3 is 0 Å². The number of carbonyl (C=O) groups is 1. The first-order valence-corrected chi connectivity index (χ1v) is 6.86. The highest BCUT2D eigenvalue weighted by molar-refractivity contribution is 5.82. The highest BCUT2D eigenvalue weighted by atomic mass is 16.2. The third kappa shape index (κ3) is 5.69. The Kier molecular flexibility index (Phi) is 5.74. The van der Waals surface area contributed by atoms with E-state index in [9.17, 15) is 4.79 Å². The quantitative estimate of drug-likeness (QED) is 0.637. The van der Waals surface area contributed by atoms with E-state index in [1.54, 1.807) is 6.21 Å². The zero-order chi connectivity index (χ0) is 14.3. The number of hydrazone groups is 1. The predicted octanol–water partition coefficient (Wildman–Crippen LogP) is 3.62. The molecule has 0 bridgehead atoms. The van der Waals surface area contributed by atoms with Gasteiger partial charge in [0.2, 0.25) is 5.91 Å². The van der Waals surface area contributed by atoms with E-state index in [-0.39, 0.29) is 11.3 Å². The molecule has 1 rings (SSSR count). The minimum Gasteiger partial charge on any atom is -0.273 e. The van der Waals surface area contributed by atoms with Crippen molar-refractivity contribution < 1.29 is 4.79 Å². The first kappa shape index (κ1) is 15.4.